The lowest BCUT2D eigenvalue weighted by molar-refractivity contribution is -0.149. The molecule has 0 spiro atoms. The number of nitrogens with zero attached hydrogens (tertiary/aromatic N) is 3. The van der Waals surface area contributed by atoms with Gasteiger partial charge >= 0.3 is 5.97 Å². The Morgan fingerprint density at radius 1 is 1.26 bits per heavy atom. The largest absolute Gasteiger partial charge is 0.480 e. The van der Waals surface area contributed by atoms with Gasteiger partial charge in [-0.25, -0.2) is 9.48 Å². The molecule has 1 saturated carbocycles. The second-order valence-electron chi connectivity index (χ2n) is 7.33. The van der Waals surface area contributed by atoms with Crippen LogP contribution in [0.5, 0.6) is 0 Å². The molecule has 0 unspecified atom stereocenters. The van der Waals surface area contributed by atoms with E-state index in [1.807, 2.05) is 37.3 Å². The molecule has 0 saturated heterocycles. The normalized spacial score (nSPS) is 22.4. The average molecular weight is 370 g/mol. The average Bonchev–Trinajstić information content (AvgIpc) is 3.03. The highest BCUT2D eigenvalue weighted by Crippen LogP contribution is 2.34. The van der Waals surface area contributed by atoms with Crippen LogP contribution in [0.3, 0.4) is 0 Å². The van der Waals surface area contributed by atoms with Crippen LogP contribution in [0.1, 0.15) is 50.4 Å². The summed E-state index contributed by atoms with van der Waals surface area (Å²) in [5.41, 5.74) is 1.04. The SMILES string of the molecule is CCC1CCC(NC(=O)Cc2nnn(-c3ccccc3)c2C)(C(=O)O)CC1. The summed E-state index contributed by atoms with van der Waals surface area (Å²) in [5.74, 6) is -0.729. The Morgan fingerprint density at radius 3 is 2.52 bits per heavy atom. The maximum atomic E-state index is 12.6. The number of amides is 1. The molecule has 7 heteroatoms. The Morgan fingerprint density at radius 2 is 1.93 bits per heavy atom. The molecule has 0 bridgehead atoms. The zero-order valence-electron chi connectivity index (χ0n) is 15.8. The van der Waals surface area contributed by atoms with Crippen LogP contribution in [0.2, 0.25) is 0 Å². The van der Waals surface area contributed by atoms with E-state index >= 15 is 0 Å². The topological polar surface area (TPSA) is 97.1 Å². The molecule has 144 valence electrons. The molecular weight excluding hydrogens is 344 g/mol. The van der Waals surface area contributed by atoms with Crippen molar-refractivity contribution in [2.75, 3.05) is 0 Å². The monoisotopic (exact) mass is 370 g/mol. The van der Waals surface area contributed by atoms with Crippen molar-refractivity contribution in [2.24, 2.45) is 5.92 Å². The van der Waals surface area contributed by atoms with Gasteiger partial charge in [0.2, 0.25) is 5.91 Å². The van der Waals surface area contributed by atoms with Gasteiger partial charge in [0.05, 0.1) is 23.5 Å². The first-order chi connectivity index (χ1) is 12.9. The lowest BCUT2D eigenvalue weighted by Crippen LogP contribution is -2.56. The van der Waals surface area contributed by atoms with E-state index in [-0.39, 0.29) is 12.3 Å². The molecule has 1 amide bonds. The van der Waals surface area contributed by atoms with Gasteiger partial charge in [0.25, 0.3) is 0 Å². The number of carboxylic acid groups (broad SMARTS) is 1. The van der Waals surface area contributed by atoms with Crippen molar-refractivity contribution in [2.45, 2.75) is 57.9 Å². The molecule has 1 heterocycles. The van der Waals surface area contributed by atoms with E-state index in [4.69, 9.17) is 0 Å². The van der Waals surface area contributed by atoms with Crippen LogP contribution < -0.4 is 5.32 Å². The van der Waals surface area contributed by atoms with E-state index in [0.29, 0.717) is 24.5 Å². The standard InChI is InChI=1S/C20H26N4O3/c1-3-15-9-11-20(12-10-15,19(26)27)21-18(25)13-17-14(2)24(23-22-17)16-7-5-4-6-8-16/h4-8,15H,3,9-13H2,1-2H3,(H,21,25)(H,26,27). The number of carbonyl (C=O) groups excluding carboxylic acids is 1. The number of hydrogen-bond donors (Lipinski definition) is 2. The number of carbonyl (C=O) groups is 2. The highest BCUT2D eigenvalue weighted by Gasteiger charge is 2.42. The molecule has 1 aromatic heterocycles. The molecule has 3 rings (SSSR count). The third-order valence-corrected chi connectivity index (χ3v) is 5.64. The maximum Gasteiger partial charge on any atom is 0.329 e. The van der Waals surface area contributed by atoms with Crippen molar-refractivity contribution in [3.8, 4) is 5.69 Å². The summed E-state index contributed by atoms with van der Waals surface area (Å²) >= 11 is 0. The zero-order valence-corrected chi connectivity index (χ0v) is 15.8. The van der Waals surface area contributed by atoms with Gasteiger partial charge in [-0.15, -0.1) is 5.10 Å². The van der Waals surface area contributed by atoms with Crippen LogP contribution in [0.15, 0.2) is 30.3 Å². The van der Waals surface area contributed by atoms with Crippen molar-refractivity contribution < 1.29 is 14.7 Å². The number of nitrogens with one attached hydrogen (secondary N) is 1. The molecule has 1 fully saturated rings. The van der Waals surface area contributed by atoms with Crippen LogP contribution in [0, 0.1) is 12.8 Å². The van der Waals surface area contributed by atoms with Crippen LogP contribution in [-0.2, 0) is 16.0 Å². The lowest BCUT2D eigenvalue weighted by atomic mass is 9.75. The zero-order chi connectivity index (χ0) is 19.4. The van der Waals surface area contributed by atoms with E-state index in [1.165, 1.54) is 0 Å². The number of para-hydroxylation sites is 1. The number of benzene rings is 1. The van der Waals surface area contributed by atoms with Crippen molar-refractivity contribution in [1.29, 1.82) is 0 Å². The fourth-order valence-corrected chi connectivity index (χ4v) is 3.77. The summed E-state index contributed by atoms with van der Waals surface area (Å²) < 4.78 is 1.68. The van der Waals surface area contributed by atoms with E-state index in [0.717, 1.165) is 30.6 Å². The lowest BCUT2D eigenvalue weighted by Gasteiger charge is -2.37. The fraction of sp³-hybridized carbons (Fsp3) is 0.500. The van der Waals surface area contributed by atoms with Crippen LogP contribution in [0.25, 0.3) is 5.69 Å². The third kappa shape index (κ3) is 4.02. The van der Waals surface area contributed by atoms with Crippen LogP contribution in [0.4, 0.5) is 0 Å². The molecule has 1 aliphatic rings. The van der Waals surface area contributed by atoms with Gasteiger partial charge in [0, 0.05) is 0 Å². The third-order valence-electron chi connectivity index (χ3n) is 5.64. The Kier molecular flexibility index (Phi) is 5.58. The smallest absolute Gasteiger partial charge is 0.329 e. The van der Waals surface area contributed by atoms with E-state index in [1.54, 1.807) is 4.68 Å². The first kappa shape index (κ1) is 19.1. The molecule has 0 aliphatic heterocycles. The van der Waals surface area contributed by atoms with Gasteiger partial charge in [-0.2, -0.15) is 0 Å². The van der Waals surface area contributed by atoms with Gasteiger partial charge in [-0.3, -0.25) is 4.79 Å². The molecule has 1 aliphatic carbocycles. The summed E-state index contributed by atoms with van der Waals surface area (Å²) in [5, 5.41) is 20.8. The summed E-state index contributed by atoms with van der Waals surface area (Å²) in [7, 11) is 0. The number of hydrogen-bond acceptors (Lipinski definition) is 4. The molecular formula is C20H26N4O3. The number of aromatic nitrogens is 3. The van der Waals surface area contributed by atoms with Gasteiger partial charge in [0.15, 0.2) is 0 Å². The summed E-state index contributed by atoms with van der Waals surface area (Å²) in [6, 6.07) is 9.56. The Balaban J connectivity index is 1.70. The second-order valence-corrected chi connectivity index (χ2v) is 7.33. The molecule has 7 nitrogen and oxygen atoms in total. The Hall–Kier alpha value is -2.70. The molecule has 0 atom stereocenters. The van der Waals surface area contributed by atoms with Crippen molar-refractivity contribution in [3.63, 3.8) is 0 Å². The van der Waals surface area contributed by atoms with Gasteiger partial charge in [-0.05, 0) is 50.7 Å². The van der Waals surface area contributed by atoms with Crippen LogP contribution >= 0.6 is 0 Å². The summed E-state index contributed by atoms with van der Waals surface area (Å²) in [6.45, 7) is 3.98. The van der Waals surface area contributed by atoms with Crippen molar-refractivity contribution in [3.05, 3.63) is 41.7 Å². The van der Waals surface area contributed by atoms with Gasteiger partial charge in [-0.1, -0.05) is 36.8 Å². The van der Waals surface area contributed by atoms with Gasteiger partial charge in [0.1, 0.15) is 5.54 Å². The molecule has 2 aromatic rings. The van der Waals surface area contributed by atoms with Crippen molar-refractivity contribution in [1.82, 2.24) is 20.3 Å². The van der Waals surface area contributed by atoms with Crippen molar-refractivity contribution >= 4 is 11.9 Å². The number of carboxylic acids is 1. The first-order valence-electron chi connectivity index (χ1n) is 9.46. The maximum absolute atomic E-state index is 12.6. The second kappa shape index (κ2) is 7.90. The Labute approximate surface area is 158 Å². The predicted molar refractivity (Wildman–Crippen MR) is 101 cm³/mol. The summed E-state index contributed by atoms with van der Waals surface area (Å²) in [4.78, 5) is 24.5. The van der Waals surface area contributed by atoms with E-state index in [2.05, 4.69) is 22.6 Å². The summed E-state index contributed by atoms with van der Waals surface area (Å²) in [6.07, 6.45) is 3.67. The van der Waals surface area contributed by atoms with Crippen LogP contribution in [-0.4, -0.2) is 37.5 Å². The minimum absolute atomic E-state index is 0.0188. The fourth-order valence-electron chi connectivity index (χ4n) is 3.77. The molecule has 0 radical (unpaired) electrons. The van der Waals surface area contributed by atoms with E-state index < -0.39 is 11.5 Å². The highest BCUT2D eigenvalue weighted by atomic mass is 16.4. The minimum atomic E-state index is -1.16. The number of rotatable bonds is 6. The van der Waals surface area contributed by atoms with Gasteiger partial charge < -0.3 is 10.4 Å². The first-order valence-corrected chi connectivity index (χ1v) is 9.46. The molecule has 1 aromatic carbocycles. The predicted octanol–water partition coefficient (Wildman–Crippen LogP) is 2.66. The van der Waals surface area contributed by atoms with E-state index in [9.17, 15) is 14.7 Å². The highest BCUT2D eigenvalue weighted by molar-refractivity contribution is 5.88. The molecule has 2 N–H and O–H groups in total. The molecule has 27 heavy (non-hydrogen) atoms. The quantitative estimate of drug-likeness (QED) is 0.815. The number of aliphatic carboxylic acids is 1. The minimum Gasteiger partial charge on any atom is -0.480 e. The Bertz CT molecular complexity index is 808.